The number of hydrogen-bond acceptors (Lipinski definition) is 0. The Morgan fingerprint density at radius 2 is 0.816 bits per heavy atom. The van der Waals surface area contributed by atoms with Gasteiger partial charge in [0.05, 0.1) is 0 Å². The summed E-state index contributed by atoms with van der Waals surface area (Å²) in [7, 11) is 0. The lowest BCUT2D eigenvalue weighted by molar-refractivity contribution is 0.663. The minimum absolute atomic E-state index is 0.148. The number of hydrogen-bond donors (Lipinski definition) is 0. The molecule has 0 bridgehead atoms. The molecule has 0 saturated heterocycles. The maximum Gasteiger partial charge on any atom is 0.0165 e. The standard InChI is InChI=1S/C49H34/c1-49(2)44-29-28-33-13-5-6-15-37(33)47(44)43-21-11-20-42(48(43)49)46-40-18-9-7-16-38(40)45(39-17-8-10-19-41(39)46)34-25-22-32(23-26-34)36-27-24-31-12-3-4-14-35(31)30-36/h3-30H,1-2H3. The topological polar surface area (TPSA) is 0 Å². The van der Waals surface area contributed by atoms with Gasteiger partial charge in [-0.15, -0.1) is 0 Å². The quantitative estimate of drug-likeness (QED) is 0.172. The van der Waals surface area contributed by atoms with Gasteiger partial charge in [-0.3, -0.25) is 0 Å². The Bertz CT molecular complexity index is 2720. The van der Waals surface area contributed by atoms with E-state index in [0.717, 1.165) is 0 Å². The summed E-state index contributed by atoms with van der Waals surface area (Å²) < 4.78 is 0. The third kappa shape index (κ3) is 4.11. The van der Waals surface area contributed by atoms with E-state index in [2.05, 4.69) is 184 Å². The fourth-order valence-electron chi connectivity index (χ4n) is 8.79. The SMILES string of the molecule is CC1(C)c2ccc3ccccc3c2-c2cccc(-c3c4ccccc4c(-c4ccc(-c5ccc6ccccc6c5)cc4)c4ccccc34)c21. The molecule has 0 nitrogen and oxygen atoms in total. The van der Waals surface area contributed by atoms with Gasteiger partial charge in [0.2, 0.25) is 0 Å². The molecular formula is C49H34. The Morgan fingerprint density at radius 1 is 0.327 bits per heavy atom. The number of benzene rings is 9. The summed E-state index contributed by atoms with van der Waals surface area (Å²) in [6, 6.07) is 63.0. The Balaban J connectivity index is 1.20. The van der Waals surface area contributed by atoms with Gasteiger partial charge in [-0.05, 0) is 105 Å². The van der Waals surface area contributed by atoms with Gasteiger partial charge >= 0.3 is 0 Å². The highest BCUT2D eigenvalue weighted by Gasteiger charge is 2.39. The van der Waals surface area contributed by atoms with Crippen molar-refractivity contribution in [3.8, 4) is 44.5 Å². The fraction of sp³-hybridized carbons (Fsp3) is 0.0612. The highest BCUT2D eigenvalue weighted by atomic mass is 14.4. The predicted molar refractivity (Wildman–Crippen MR) is 210 cm³/mol. The molecule has 0 N–H and O–H groups in total. The molecule has 230 valence electrons. The van der Waals surface area contributed by atoms with Crippen molar-refractivity contribution >= 4 is 43.1 Å². The van der Waals surface area contributed by atoms with E-state index in [1.54, 1.807) is 0 Å². The molecule has 0 spiro atoms. The minimum Gasteiger partial charge on any atom is -0.0616 e. The van der Waals surface area contributed by atoms with Gasteiger partial charge < -0.3 is 0 Å². The van der Waals surface area contributed by atoms with Crippen LogP contribution in [0.15, 0.2) is 170 Å². The Hall–Kier alpha value is -5.98. The van der Waals surface area contributed by atoms with Crippen molar-refractivity contribution in [1.82, 2.24) is 0 Å². The molecule has 1 aliphatic rings. The Labute approximate surface area is 286 Å². The van der Waals surface area contributed by atoms with Crippen LogP contribution in [0.4, 0.5) is 0 Å². The van der Waals surface area contributed by atoms with E-state index in [9.17, 15) is 0 Å². The molecule has 0 aromatic heterocycles. The van der Waals surface area contributed by atoms with E-state index in [1.165, 1.54) is 98.7 Å². The first-order valence-corrected chi connectivity index (χ1v) is 17.3. The van der Waals surface area contributed by atoms with Crippen molar-refractivity contribution in [2.45, 2.75) is 19.3 Å². The van der Waals surface area contributed by atoms with Crippen LogP contribution in [0.1, 0.15) is 25.0 Å². The monoisotopic (exact) mass is 622 g/mol. The van der Waals surface area contributed by atoms with Crippen molar-refractivity contribution in [1.29, 1.82) is 0 Å². The van der Waals surface area contributed by atoms with Crippen LogP contribution in [0.3, 0.4) is 0 Å². The fourth-order valence-corrected chi connectivity index (χ4v) is 8.79. The maximum absolute atomic E-state index is 2.41. The lowest BCUT2D eigenvalue weighted by atomic mass is 9.76. The molecule has 0 radical (unpaired) electrons. The molecule has 9 aromatic rings. The van der Waals surface area contributed by atoms with Gasteiger partial charge in [0.25, 0.3) is 0 Å². The highest BCUT2D eigenvalue weighted by molar-refractivity contribution is 6.22. The van der Waals surface area contributed by atoms with Crippen LogP contribution >= 0.6 is 0 Å². The van der Waals surface area contributed by atoms with Crippen LogP contribution < -0.4 is 0 Å². The van der Waals surface area contributed by atoms with Gasteiger partial charge in [-0.25, -0.2) is 0 Å². The van der Waals surface area contributed by atoms with E-state index < -0.39 is 0 Å². The van der Waals surface area contributed by atoms with Crippen LogP contribution in [-0.2, 0) is 5.41 Å². The van der Waals surface area contributed by atoms with E-state index in [4.69, 9.17) is 0 Å². The summed E-state index contributed by atoms with van der Waals surface area (Å²) in [5.41, 5.74) is 13.1. The van der Waals surface area contributed by atoms with Crippen molar-refractivity contribution in [2.24, 2.45) is 0 Å². The highest BCUT2D eigenvalue weighted by Crippen LogP contribution is 2.56. The molecule has 0 aliphatic heterocycles. The largest absolute Gasteiger partial charge is 0.0616 e. The normalized spacial score (nSPS) is 13.3. The molecule has 0 amide bonds. The second kappa shape index (κ2) is 10.5. The summed E-state index contributed by atoms with van der Waals surface area (Å²) in [5.74, 6) is 0. The van der Waals surface area contributed by atoms with Crippen LogP contribution in [0.2, 0.25) is 0 Å². The lowest BCUT2D eigenvalue weighted by Crippen LogP contribution is -2.16. The second-order valence-electron chi connectivity index (χ2n) is 14.0. The molecule has 1 aliphatic carbocycles. The molecule has 0 heteroatoms. The van der Waals surface area contributed by atoms with E-state index in [0.29, 0.717) is 0 Å². The average molecular weight is 623 g/mol. The van der Waals surface area contributed by atoms with Crippen LogP contribution in [-0.4, -0.2) is 0 Å². The smallest absolute Gasteiger partial charge is 0.0165 e. The van der Waals surface area contributed by atoms with Crippen molar-refractivity contribution < 1.29 is 0 Å². The molecule has 10 rings (SSSR count). The number of fused-ring (bicyclic) bond motifs is 8. The van der Waals surface area contributed by atoms with Gasteiger partial charge in [0.1, 0.15) is 0 Å². The third-order valence-corrected chi connectivity index (χ3v) is 11.0. The molecule has 49 heavy (non-hydrogen) atoms. The maximum atomic E-state index is 2.41. The summed E-state index contributed by atoms with van der Waals surface area (Å²) in [5, 5.41) is 10.3. The van der Waals surface area contributed by atoms with Crippen LogP contribution in [0, 0.1) is 0 Å². The lowest BCUT2D eigenvalue weighted by Gasteiger charge is -2.26. The first-order chi connectivity index (χ1) is 24.1. The second-order valence-corrected chi connectivity index (χ2v) is 14.0. The molecule has 0 saturated carbocycles. The Morgan fingerprint density at radius 3 is 1.49 bits per heavy atom. The summed E-state index contributed by atoms with van der Waals surface area (Å²) in [6.07, 6.45) is 0. The van der Waals surface area contributed by atoms with Crippen LogP contribution in [0.5, 0.6) is 0 Å². The molecule has 0 atom stereocenters. The van der Waals surface area contributed by atoms with E-state index in [-0.39, 0.29) is 5.41 Å². The average Bonchev–Trinajstić information content (AvgIpc) is 3.40. The number of rotatable bonds is 3. The zero-order valence-electron chi connectivity index (χ0n) is 27.7. The summed E-state index contributed by atoms with van der Waals surface area (Å²) in [6.45, 7) is 4.82. The predicted octanol–water partition coefficient (Wildman–Crippen LogP) is 13.6. The first kappa shape index (κ1) is 28.1. The zero-order chi connectivity index (χ0) is 32.7. The van der Waals surface area contributed by atoms with E-state index in [1.807, 2.05) is 0 Å². The van der Waals surface area contributed by atoms with Crippen LogP contribution in [0.25, 0.3) is 87.6 Å². The molecule has 0 unspecified atom stereocenters. The molecular weight excluding hydrogens is 589 g/mol. The molecule has 0 fully saturated rings. The molecule has 9 aromatic carbocycles. The van der Waals surface area contributed by atoms with Gasteiger partial charge in [0.15, 0.2) is 0 Å². The van der Waals surface area contributed by atoms with Gasteiger partial charge in [0, 0.05) is 5.41 Å². The van der Waals surface area contributed by atoms with Crippen molar-refractivity contribution in [2.75, 3.05) is 0 Å². The van der Waals surface area contributed by atoms with E-state index >= 15 is 0 Å². The van der Waals surface area contributed by atoms with Crippen molar-refractivity contribution in [3.05, 3.63) is 181 Å². The summed E-state index contributed by atoms with van der Waals surface area (Å²) >= 11 is 0. The van der Waals surface area contributed by atoms with Gasteiger partial charge in [-0.2, -0.15) is 0 Å². The minimum atomic E-state index is -0.148. The Kier molecular flexibility index (Phi) is 6.02. The summed E-state index contributed by atoms with van der Waals surface area (Å²) in [4.78, 5) is 0. The first-order valence-electron chi connectivity index (χ1n) is 17.3. The van der Waals surface area contributed by atoms with Gasteiger partial charge in [-0.1, -0.05) is 178 Å². The molecule has 0 heterocycles. The zero-order valence-corrected chi connectivity index (χ0v) is 27.7. The van der Waals surface area contributed by atoms with Crippen molar-refractivity contribution in [3.63, 3.8) is 0 Å². The third-order valence-electron chi connectivity index (χ3n) is 11.0.